The smallest absolute Gasteiger partial charge is 0.347 e. The van der Waals surface area contributed by atoms with Crippen LogP contribution in [0, 0.1) is 12.8 Å². The Bertz CT molecular complexity index is 564. The maximum atomic E-state index is 12.1. The third kappa shape index (κ3) is 6.40. The van der Waals surface area contributed by atoms with Crippen LogP contribution in [-0.4, -0.2) is 30.6 Å². The summed E-state index contributed by atoms with van der Waals surface area (Å²) in [6.45, 7) is 5.85. The number of carbonyl (C=O) groups is 2. The van der Waals surface area contributed by atoms with Gasteiger partial charge in [-0.15, -0.1) is 0 Å². The summed E-state index contributed by atoms with van der Waals surface area (Å²) in [5.41, 5.74) is 1.12. The van der Waals surface area contributed by atoms with Crippen molar-refractivity contribution in [3.05, 3.63) is 29.8 Å². The molecule has 0 radical (unpaired) electrons. The topological polar surface area (TPSA) is 64.6 Å². The van der Waals surface area contributed by atoms with E-state index in [4.69, 9.17) is 9.47 Å². The molecule has 1 saturated carbocycles. The van der Waals surface area contributed by atoms with Crippen LogP contribution >= 0.6 is 0 Å². The van der Waals surface area contributed by atoms with E-state index in [0.29, 0.717) is 18.2 Å². The summed E-state index contributed by atoms with van der Waals surface area (Å²) in [6, 6.07) is 7.43. The number of aryl methyl sites for hydroxylation is 1. The Kier molecular flexibility index (Phi) is 7.29. The lowest BCUT2D eigenvalue weighted by Crippen LogP contribution is -2.40. The molecule has 1 aromatic rings. The van der Waals surface area contributed by atoms with E-state index in [2.05, 4.69) is 5.32 Å². The summed E-state index contributed by atoms with van der Waals surface area (Å²) in [7, 11) is 0. The summed E-state index contributed by atoms with van der Waals surface area (Å²) in [5.74, 6) is 0.358. The predicted octanol–water partition coefficient (Wildman–Crippen LogP) is 3.39. The molecule has 138 valence electrons. The third-order valence-corrected chi connectivity index (χ3v) is 4.62. The minimum Gasteiger partial charge on any atom is -0.479 e. The molecule has 0 aromatic heterocycles. The van der Waals surface area contributed by atoms with Crippen LogP contribution in [-0.2, 0) is 14.3 Å². The van der Waals surface area contributed by atoms with Gasteiger partial charge in [0, 0.05) is 6.54 Å². The minimum absolute atomic E-state index is 0.249. The fraction of sp³-hybridized carbons (Fsp3) is 0.600. The maximum absolute atomic E-state index is 12.1. The van der Waals surface area contributed by atoms with Crippen LogP contribution in [0.3, 0.4) is 0 Å². The van der Waals surface area contributed by atoms with Crippen molar-refractivity contribution < 1.29 is 19.1 Å². The Labute approximate surface area is 150 Å². The summed E-state index contributed by atoms with van der Waals surface area (Å²) in [4.78, 5) is 24.2. The van der Waals surface area contributed by atoms with Crippen molar-refractivity contribution in [3.8, 4) is 5.75 Å². The molecule has 5 nitrogen and oxygen atoms in total. The molecular formula is C20H29NO4. The van der Waals surface area contributed by atoms with E-state index in [0.717, 1.165) is 18.4 Å². The molecule has 0 saturated heterocycles. The highest BCUT2D eigenvalue weighted by Crippen LogP contribution is 2.22. The van der Waals surface area contributed by atoms with Crippen LogP contribution in [0.2, 0.25) is 0 Å². The second-order valence-corrected chi connectivity index (χ2v) is 6.90. The molecule has 1 aliphatic rings. The average molecular weight is 347 g/mol. The Morgan fingerprint density at radius 2 is 1.72 bits per heavy atom. The highest BCUT2D eigenvalue weighted by molar-refractivity contribution is 5.84. The first-order valence-corrected chi connectivity index (χ1v) is 9.17. The van der Waals surface area contributed by atoms with Crippen molar-refractivity contribution in [2.24, 2.45) is 5.92 Å². The van der Waals surface area contributed by atoms with Gasteiger partial charge in [0.2, 0.25) is 0 Å². The first-order valence-electron chi connectivity index (χ1n) is 9.17. The van der Waals surface area contributed by atoms with Gasteiger partial charge in [0.05, 0.1) is 0 Å². The number of carbonyl (C=O) groups excluding carboxylic acids is 2. The van der Waals surface area contributed by atoms with Crippen LogP contribution in [0.1, 0.15) is 51.5 Å². The van der Waals surface area contributed by atoms with Crippen molar-refractivity contribution in [3.63, 3.8) is 0 Å². The number of rotatable bonds is 7. The Morgan fingerprint density at radius 1 is 1.08 bits per heavy atom. The summed E-state index contributed by atoms with van der Waals surface area (Å²) in [6.07, 6.45) is 4.50. The molecule has 5 heteroatoms. The van der Waals surface area contributed by atoms with Gasteiger partial charge in [0.25, 0.3) is 5.91 Å². The van der Waals surface area contributed by atoms with Gasteiger partial charge < -0.3 is 14.8 Å². The second-order valence-electron chi connectivity index (χ2n) is 6.90. The standard InChI is InChI=1S/C20H29NO4/c1-14-9-11-18(12-10-14)24-16(3)20(23)25-15(2)19(22)21-13-17-7-5-4-6-8-17/h9-12,15-17H,4-8,13H2,1-3H3,(H,21,22). The summed E-state index contributed by atoms with van der Waals surface area (Å²) < 4.78 is 10.8. The fourth-order valence-electron chi connectivity index (χ4n) is 2.97. The molecule has 0 aliphatic heterocycles. The van der Waals surface area contributed by atoms with E-state index in [1.807, 2.05) is 19.1 Å². The number of esters is 1. The Hall–Kier alpha value is -2.04. The van der Waals surface area contributed by atoms with Crippen molar-refractivity contribution in [2.75, 3.05) is 6.54 Å². The maximum Gasteiger partial charge on any atom is 0.347 e. The Balaban J connectivity index is 1.73. The third-order valence-electron chi connectivity index (χ3n) is 4.62. The van der Waals surface area contributed by atoms with Crippen molar-refractivity contribution in [1.82, 2.24) is 5.32 Å². The first kappa shape index (κ1) is 19.3. The fourth-order valence-corrected chi connectivity index (χ4v) is 2.97. The summed E-state index contributed by atoms with van der Waals surface area (Å²) >= 11 is 0. The molecule has 25 heavy (non-hydrogen) atoms. The molecule has 2 unspecified atom stereocenters. The molecule has 2 rings (SSSR count). The lowest BCUT2D eigenvalue weighted by molar-refractivity contribution is -0.160. The number of nitrogens with one attached hydrogen (secondary N) is 1. The lowest BCUT2D eigenvalue weighted by atomic mass is 9.89. The van der Waals surface area contributed by atoms with Crippen LogP contribution < -0.4 is 10.1 Å². The van der Waals surface area contributed by atoms with Gasteiger partial charge >= 0.3 is 5.97 Å². The first-order chi connectivity index (χ1) is 12.0. The average Bonchev–Trinajstić information content (AvgIpc) is 2.62. The quantitative estimate of drug-likeness (QED) is 0.768. The van der Waals surface area contributed by atoms with E-state index in [9.17, 15) is 9.59 Å². The number of benzene rings is 1. The number of hydrogen-bond acceptors (Lipinski definition) is 4. The molecule has 0 spiro atoms. The normalized spacial score (nSPS) is 17.4. The molecular weight excluding hydrogens is 318 g/mol. The molecule has 1 amide bonds. The molecule has 1 aromatic carbocycles. The van der Waals surface area contributed by atoms with Crippen LogP contribution in [0.5, 0.6) is 5.75 Å². The second kappa shape index (κ2) is 9.44. The van der Waals surface area contributed by atoms with Gasteiger partial charge in [0.1, 0.15) is 5.75 Å². The molecule has 0 heterocycles. The zero-order chi connectivity index (χ0) is 18.2. The van der Waals surface area contributed by atoms with Crippen LogP contribution in [0.15, 0.2) is 24.3 Å². The van der Waals surface area contributed by atoms with Crippen LogP contribution in [0.25, 0.3) is 0 Å². The Morgan fingerprint density at radius 3 is 2.36 bits per heavy atom. The monoisotopic (exact) mass is 347 g/mol. The van der Waals surface area contributed by atoms with Gasteiger partial charge in [-0.25, -0.2) is 4.79 Å². The van der Waals surface area contributed by atoms with Gasteiger partial charge in [-0.2, -0.15) is 0 Å². The SMILES string of the molecule is Cc1ccc(OC(C)C(=O)OC(C)C(=O)NCC2CCCCC2)cc1. The molecule has 0 bridgehead atoms. The van der Waals surface area contributed by atoms with Gasteiger partial charge in [0.15, 0.2) is 12.2 Å². The van der Waals surface area contributed by atoms with E-state index in [-0.39, 0.29) is 5.91 Å². The van der Waals surface area contributed by atoms with Gasteiger partial charge in [-0.1, -0.05) is 37.0 Å². The number of ether oxygens (including phenoxy) is 2. The van der Waals surface area contributed by atoms with Gasteiger partial charge in [-0.3, -0.25) is 4.79 Å². The van der Waals surface area contributed by atoms with Crippen molar-refractivity contribution in [1.29, 1.82) is 0 Å². The minimum atomic E-state index is -0.819. The highest BCUT2D eigenvalue weighted by atomic mass is 16.6. The van der Waals surface area contributed by atoms with E-state index in [1.165, 1.54) is 19.3 Å². The van der Waals surface area contributed by atoms with Gasteiger partial charge in [-0.05, 0) is 51.7 Å². The molecule has 1 aliphatic carbocycles. The zero-order valence-corrected chi connectivity index (χ0v) is 15.4. The molecule has 2 atom stereocenters. The summed E-state index contributed by atoms with van der Waals surface area (Å²) in [5, 5.41) is 2.90. The zero-order valence-electron chi connectivity index (χ0n) is 15.4. The largest absolute Gasteiger partial charge is 0.479 e. The number of amides is 1. The van der Waals surface area contributed by atoms with E-state index in [1.54, 1.807) is 26.0 Å². The lowest BCUT2D eigenvalue weighted by Gasteiger charge is -2.23. The highest BCUT2D eigenvalue weighted by Gasteiger charge is 2.24. The van der Waals surface area contributed by atoms with Crippen molar-refractivity contribution in [2.45, 2.75) is 65.1 Å². The molecule has 1 N–H and O–H groups in total. The van der Waals surface area contributed by atoms with E-state index < -0.39 is 18.2 Å². The molecule has 1 fully saturated rings. The van der Waals surface area contributed by atoms with E-state index >= 15 is 0 Å². The van der Waals surface area contributed by atoms with Crippen LogP contribution in [0.4, 0.5) is 0 Å². The van der Waals surface area contributed by atoms with Crippen molar-refractivity contribution >= 4 is 11.9 Å². The number of hydrogen-bond donors (Lipinski definition) is 1. The predicted molar refractivity (Wildman–Crippen MR) is 96.4 cm³/mol.